The van der Waals surface area contributed by atoms with Crippen LogP contribution in [-0.4, -0.2) is 25.9 Å². The molecule has 1 aromatic carbocycles. The fraction of sp³-hybridized carbons (Fsp3) is 0.571. The Balaban J connectivity index is 2.14. The van der Waals surface area contributed by atoms with Crippen molar-refractivity contribution in [1.82, 2.24) is 5.32 Å². The second-order valence-electron chi connectivity index (χ2n) is 4.61. The normalized spacial score (nSPS) is 13.5. The van der Waals surface area contributed by atoms with E-state index in [4.69, 9.17) is 0 Å². The number of hydrogen-bond donors (Lipinski definition) is 1. The molecule has 1 rings (SSSR count). The van der Waals surface area contributed by atoms with Crippen molar-refractivity contribution in [2.24, 2.45) is 0 Å². The minimum Gasteiger partial charge on any atom is -0.372 e. The summed E-state index contributed by atoms with van der Waals surface area (Å²) >= 11 is 0. The molecule has 1 unspecified atom stereocenters. The molecule has 0 aromatic heterocycles. The van der Waals surface area contributed by atoms with Gasteiger partial charge in [0.15, 0.2) is 0 Å². The van der Waals surface area contributed by atoms with Gasteiger partial charge in [0.25, 0.3) is 0 Å². The van der Waals surface area contributed by atoms with Crippen molar-refractivity contribution < 1.29 is 17.9 Å². The van der Waals surface area contributed by atoms with Crippen LogP contribution in [0, 0.1) is 6.92 Å². The molecule has 0 aliphatic heterocycles. The monoisotopic (exact) mass is 275 g/mol. The molecule has 0 spiro atoms. The van der Waals surface area contributed by atoms with Crippen molar-refractivity contribution in [2.75, 3.05) is 19.8 Å². The summed E-state index contributed by atoms with van der Waals surface area (Å²) in [6.07, 6.45) is -3.67. The molecule has 1 N–H and O–H groups in total. The van der Waals surface area contributed by atoms with Gasteiger partial charge in [-0.05, 0) is 32.4 Å². The number of alkyl halides is 3. The van der Waals surface area contributed by atoms with Crippen LogP contribution in [0.15, 0.2) is 24.3 Å². The van der Waals surface area contributed by atoms with E-state index in [0.717, 1.165) is 0 Å². The minimum atomic E-state index is -4.23. The Morgan fingerprint density at radius 2 is 1.84 bits per heavy atom. The van der Waals surface area contributed by atoms with Gasteiger partial charge in [0.05, 0.1) is 0 Å². The SMILES string of the molecule is Cc1ccc(C(C)NCCCOCC(F)(F)F)cc1. The molecule has 0 heterocycles. The quantitative estimate of drug-likeness (QED) is 0.767. The number of nitrogens with one attached hydrogen (secondary N) is 1. The zero-order chi connectivity index (χ0) is 14.3. The van der Waals surface area contributed by atoms with Crippen molar-refractivity contribution in [3.05, 3.63) is 35.4 Å². The fourth-order valence-electron chi connectivity index (χ4n) is 1.65. The molecule has 19 heavy (non-hydrogen) atoms. The predicted octanol–water partition coefficient (Wildman–Crippen LogP) is 3.61. The number of benzene rings is 1. The summed E-state index contributed by atoms with van der Waals surface area (Å²) in [6.45, 7) is 3.64. The van der Waals surface area contributed by atoms with E-state index >= 15 is 0 Å². The lowest BCUT2D eigenvalue weighted by atomic mass is 10.1. The first-order valence-corrected chi connectivity index (χ1v) is 6.33. The van der Waals surface area contributed by atoms with Crippen molar-refractivity contribution in [3.8, 4) is 0 Å². The van der Waals surface area contributed by atoms with Gasteiger partial charge in [-0.3, -0.25) is 0 Å². The molecule has 5 heteroatoms. The highest BCUT2D eigenvalue weighted by atomic mass is 19.4. The Morgan fingerprint density at radius 1 is 1.21 bits per heavy atom. The lowest BCUT2D eigenvalue weighted by Crippen LogP contribution is -2.22. The molecular weight excluding hydrogens is 255 g/mol. The van der Waals surface area contributed by atoms with E-state index in [2.05, 4.69) is 10.1 Å². The summed E-state index contributed by atoms with van der Waals surface area (Å²) in [5.41, 5.74) is 2.37. The predicted molar refractivity (Wildman–Crippen MR) is 69.1 cm³/mol. The van der Waals surface area contributed by atoms with Gasteiger partial charge >= 0.3 is 6.18 Å². The van der Waals surface area contributed by atoms with Crippen LogP contribution in [-0.2, 0) is 4.74 Å². The van der Waals surface area contributed by atoms with E-state index in [0.29, 0.717) is 13.0 Å². The van der Waals surface area contributed by atoms with Gasteiger partial charge < -0.3 is 10.1 Å². The lowest BCUT2D eigenvalue weighted by molar-refractivity contribution is -0.173. The van der Waals surface area contributed by atoms with E-state index in [1.165, 1.54) is 11.1 Å². The van der Waals surface area contributed by atoms with E-state index in [-0.39, 0.29) is 12.6 Å². The molecule has 108 valence electrons. The second-order valence-corrected chi connectivity index (χ2v) is 4.61. The smallest absolute Gasteiger partial charge is 0.372 e. The Labute approximate surface area is 112 Å². The van der Waals surface area contributed by atoms with Crippen LogP contribution < -0.4 is 5.32 Å². The van der Waals surface area contributed by atoms with E-state index in [1.54, 1.807) is 0 Å². The average molecular weight is 275 g/mol. The van der Waals surface area contributed by atoms with Gasteiger partial charge in [0, 0.05) is 12.6 Å². The van der Waals surface area contributed by atoms with Crippen molar-refractivity contribution >= 4 is 0 Å². The molecule has 0 fully saturated rings. The summed E-state index contributed by atoms with van der Waals surface area (Å²) in [5, 5.41) is 3.25. The van der Waals surface area contributed by atoms with E-state index in [9.17, 15) is 13.2 Å². The molecule has 0 saturated carbocycles. The van der Waals surface area contributed by atoms with Crippen LogP contribution in [0.5, 0.6) is 0 Å². The van der Waals surface area contributed by atoms with E-state index in [1.807, 2.05) is 38.1 Å². The van der Waals surface area contributed by atoms with Gasteiger partial charge in [0.1, 0.15) is 6.61 Å². The molecule has 2 nitrogen and oxygen atoms in total. The van der Waals surface area contributed by atoms with Crippen molar-refractivity contribution in [2.45, 2.75) is 32.5 Å². The van der Waals surface area contributed by atoms with Gasteiger partial charge in [-0.15, -0.1) is 0 Å². The average Bonchev–Trinajstić information content (AvgIpc) is 2.33. The molecule has 0 aliphatic carbocycles. The van der Waals surface area contributed by atoms with E-state index < -0.39 is 12.8 Å². The minimum absolute atomic E-state index is 0.118. The number of aryl methyl sites for hydroxylation is 1. The number of halogens is 3. The zero-order valence-corrected chi connectivity index (χ0v) is 11.3. The fourth-order valence-corrected chi connectivity index (χ4v) is 1.65. The maximum Gasteiger partial charge on any atom is 0.411 e. The summed E-state index contributed by atoms with van der Waals surface area (Å²) in [6, 6.07) is 8.36. The van der Waals surface area contributed by atoms with Gasteiger partial charge in [-0.1, -0.05) is 29.8 Å². The van der Waals surface area contributed by atoms with Crippen LogP contribution in [0.4, 0.5) is 13.2 Å². The second kappa shape index (κ2) is 7.50. The number of rotatable bonds is 7. The van der Waals surface area contributed by atoms with Crippen LogP contribution in [0.1, 0.15) is 30.5 Å². The maximum atomic E-state index is 11.8. The summed E-state index contributed by atoms with van der Waals surface area (Å²) in [7, 11) is 0. The number of hydrogen-bond acceptors (Lipinski definition) is 2. The van der Waals surface area contributed by atoms with Crippen LogP contribution in [0.2, 0.25) is 0 Å². The molecule has 0 saturated heterocycles. The van der Waals surface area contributed by atoms with Crippen LogP contribution in [0.25, 0.3) is 0 Å². The largest absolute Gasteiger partial charge is 0.411 e. The lowest BCUT2D eigenvalue weighted by Gasteiger charge is -2.14. The van der Waals surface area contributed by atoms with Crippen molar-refractivity contribution in [3.63, 3.8) is 0 Å². The number of ether oxygens (including phenoxy) is 1. The molecule has 0 aliphatic rings. The topological polar surface area (TPSA) is 21.3 Å². The first-order chi connectivity index (χ1) is 8.88. The third-order valence-electron chi connectivity index (χ3n) is 2.76. The molecule has 0 bridgehead atoms. The molecule has 0 amide bonds. The highest BCUT2D eigenvalue weighted by Gasteiger charge is 2.27. The standard InChI is InChI=1S/C14H20F3NO/c1-11-4-6-13(7-5-11)12(2)18-8-3-9-19-10-14(15,16)17/h4-7,12,18H,3,8-10H2,1-2H3. The highest BCUT2D eigenvalue weighted by molar-refractivity contribution is 5.23. The first-order valence-electron chi connectivity index (χ1n) is 6.33. The first kappa shape index (κ1) is 16.0. The third kappa shape index (κ3) is 7.18. The van der Waals surface area contributed by atoms with Crippen molar-refractivity contribution in [1.29, 1.82) is 0 Å². The Kier molecular flexibility index (Phi) is 6.31. The molecule has 1 atom stereocenters. The van der Waals surface area contributed by atoms with Crippen LogP contribution >= 0.6 is 0 Å². The Bertz CT molecular complexity index is 362. The third-order valence-corrected chi connectivity index (χ3v) is 2.76. The van der Waals surface area contributed by atoms with Crippen LogP contribution in [0.3, 0.4) is 0 Å². The van der Waals surface area contributed by atoms with Gasteiger partial charge in [-0.25, -0.2) is 0 Å². The highest BCUT2D eigenvalue weighted by Crippen LogP contribution is 2.15. The zero-order valence-electron chi connectivity index (χ0n) is 11.3. The maximum absolute atomic E-state index is 11.8. The summed E-state index contributed by atoms with van der Waals surface area (Å²) < 4.78 is 40.0. The van der Waals surface area contributed by atoms with Gasteiger partial charge in [-0.2, -0.15) is 13.2 Å². The Hall–Kier alpha value is -1.07. The molecular formula is C14H20F3NO. The van der Waals surface area contributed by atoms with Gasteiger partial charge in [0.2, 0.25) is 0 Å². The molecule has 1 aromatic rings. The Morgan fingerprint density at radius 3 is 2.42 bits per heavy atom. The molecule has 0 radical (unpaired) electrons. The summed E-state index contributed by atoms with van der Waals surface area (Å²) in [4.78, 5) is 0. The summed E-state index contributed by atoms with van der Waals surface area (Å²) in [5.74, 6) is 0.